The van der Waals surface area contributed by atoms with Gasteiger partial charge in [0.25, 0.3) is 11.8 Å². The molecule has 0 bridgehead atoms. The molecule has 4 rings (SSSR count). The highest BCUT2D eigenvalue weighted by Gasteiger charge is 2.31. The Morgan fingerprint density at radius 3 is 2.50 bits per heavy atom. The Labute approximate surface area is 231 Å². The predicted octanol–water partition coefficient (Wildman–Crippen LogP) is 5.56. The minimum Gasteiger partial charge on any atom is -0.506 e. The molecule has 0 saturated heterocycles. The number of halogens is 4. The van der Waals surface area contributed by atoms with E-state index < -0.39 is 18.2 Å². The fourth-order valence-electron chi connectivity index (χ4n) is 3.65. The van der Waals surface area contributed by atoms with Crippen LogP contribution < -0.4 is 20.2 Å². The minimum atomic E-state index is -4.81. The van der Waals surface area contributed by atoms with E-state index in [0.29, 0.717) is 22.3 Å². The maximum Gasteiger partial charge on any atom is 0.573 e. The molecule has 3 N–H and O–H groups in total. The zero-order valence-electron chi connectivity index (χ0n) is 20.5. The Kier molecular flexibility index (Phi) is 8.75. The van der Waals surface area contributed by atoms with Gasteiger partial charge in [-0.15, -0.1) is 13.2 Å². The number of ether oxygens (including phenoxy) is 2. The van der Waals surface area contributed by atoms with E-state index in [0.717, 1.165) is 5.39 Å². The summed E-state index contributed by atoms with van der Waals surface area (Å²) in [5.41, 5.74) is 3.70. The predicted molar refractivity (Wildman–Crippen MR) is 143 cm³/mol. The molecule has 0 spiro atoms. The number of carbonyl (C=O) groups is 2. The average Bonchev–Trinajstić information content (AvgIpc) is 2.92. The first-order chi connectivity index (χ1) is 19.1. The van der Waals surface area contributed by atoms with E-state index in [-0.39, 0.29) is 35.2 Å². The summed E-state index contributed by atoms with van der Waals surface area (Å²) in [6.45, 7) is -0.350. The van der Waals surface area contributed by atoms with Gasteiger partial charge in [0.1, 0.15) is 17.2 Å². The van der Waals surface area contributed by atoms with Gasteiger partial charge in [0, 0.05) is 23.1 Å². The molecule has 0 aliphatic heterocycles. The number of aromatic hydroxyl groups is 1. The second-order valence-corrected chi connectivity index (χ2v) is 8.73. The molecule has 0 radical (unpaired) electrons. The maximum absolute atomic E-state index is 12.4. The van der Waals surface area contributed by atoms with Gasteiger partial charge in [-0.25, -0.2) is 5.43 Å². The number of hydrogen-bond acceptors (Lipinski definition) is 6. The number of alkyl halides is 3. The van der Waals surface area contributed by atoms with Gasteiger partial charge < -0.3 is 19.9 Å². The topological polar surface area (TPSA) is 109 Å². The van der Waals surface area contributed by atoms with Crippen LogP contribution in [0.3, 0.4) is 0 Å². The van der Waals surface area contributed by atoms with Gasteiger partial charge in [0.15, 0.2) is 6.61 Å². The number of rotatable bonds is 9. The summed E-state index contributed by atoms with van der Waals surface area (Å²) in [4.78, 5) is 24.6. The van der Waals surface area contributed by atoms with Crippen LogP contribution in [0.5, 0.6) is 17.2 Å². The lowest BCUT2D eigenvalue weighted by Gasteiger charge is -2.12. The summed E-state index contributed by atoms with van der Waals surface area (Å²) < 4.78 is 46.9. The zero-order chi connectivity index (χ0) is 28.7. The molecule has 0 atom stereocenters. The second-order valence-electron chi connectivity index (χ2n) is 8.32. The van der Waals surface area contributed by atoms with Crippen molar-refractivity contribution in [2.45, 2.75) is 12.9 Å². The van der Waals surface area contributed by atoms with Crippen LogP contribution in [0.25, 0.3) is 10.8 Å². The van der Waals surface area contributed by atoms with E-state index in [9.17, 15) is 27.9 Å². The van der Waals surface area contributed by atoms with E-state index in [1.54, 1.807) is 30.3 Å². The molecule has 0 fully saturated rings. The van der Waals surface area contributed by atoms with Crippen molar-refractivity contribution < 1.29 is 37.3 Å². The van der Waals surface area contributed by atoms with Gasteiger partial charge >= 0.3 is 6.36 Å². The smallest absolute Gasteiger partial charge is 0.506 e. The van der Waals surface area contributed by atoms with Gasteiger partial charge in [0.2, 0.25) is 0 Å². The maximum atomic E-state index is 12.4. The van der Waals surface area contributed by atoms with Crippen LogP contribution in [0, 0.1) is 0 Å². The molecular weight excluding hydrogens is 551 g/mol. The van der Waals surface area contributed by atoms with E-state index in [1.165, 1.54) is 42.6 Å². The quantitative estimate of drug-likeness (QED) is 0.180. The Bertz CT molecular complexity index is 1580. The van der Waals surface area contributed by atoms with Gasteiger partial charge in [-0.1, -0.05) is 48.0 Å². The van der Waals surface area contributed by atoms with Crippen molar-refractivity contribution >= 4 is 40.4 Å². The molecule has 0 aliphatic carbocycles. The number of hydrogen-bond donors (Lipinski definition) is 3. The number of fused-ring (bicyclic) bond motifs is 1. The minimum absolute atomic E-state index is 0.0184. The number of phenolic OH excluding ortho intramolecular Hbond substituents is 1. The lowest BCUT2D eigenvalue weighted by atomic mass is 10.0. The first kappa shape index (κ1) is 28.2. The number of hydrazone groups is 1. The summed E-state index contributed by atoms with van der Waals surface area (Å²) >= 11 is 5.84. The molecule has 12 heteroatoms. The van der Waals surface area contributed by atoms with E-state index in [2.05, 4.69) is 20.6 Å². The normalized spacial score (nSPS) is 11.4. The third-order valence-corrected chi connectivity index (χ3v) is 5.78. The van der Waals surface area contributed by atoms with E-state index >= 15 is 0 Å². The molecule has 206 valence electrons. The van der Waals surface area contributed by atoms with Crippen molar-refractivity contribution in [1.29, 1.82) is 0 Å². The molecule has 0 aliphatic rings. The van der Waals surface area contributed by atoms with Crippen LogP contribution in [-0.4, -0.2) is 36.1 Å². The summed E-state index contributed by atoms with van der Waals surface area (Å²) in [5.74, 6) is -1.10. The third-order valence-electron chi connectivity index (χ3n) is 5.48. The van der Waals surface area contributed by atoms with Crippen LogP contribution in [0.4, 0.5) is 13.2 Å². The van der Waals surface area contributed by atoms with Gasteiger partial charge in [0.05, 0.1) is 11.2 Å². The number of nitrogens with one attached hydrogen (secondary N) is 2. The summed E-state index contributed by atoms with van der Waals surface area (Å²) in [6, 6.07) is 19.9. The van der Waals surface area contributed by atoms with Gasteiger partial charge in [-0.2, -0.15) is 5.10 Å². The zero-order valence-corrected chi connectivity index (χ0v) is 21.3. The number of phenols is 1. The van der Waals surface area contributed by atoms with Crippen molar-refractivity contribution in [3.63, 3.8) is 0 Å². The number of amides is 2. The third kappa shape index (κ3) is 7.64. The van der Waals surface area contributed by atoms with Gasteiger partial charge in [-0.3, -0.25) is 9.59 Å². The molecule has 0 saturated carbocycles. The van der Waals surface area contributed by atoms with Crippen molar-refractivity contribution in [3.8, 4) is 17.2 Å². The Morgan fingerprint density at radius 1 is 0.975 bits per heavy atom. The molecule has 40 heavy (non-hydrogen) atoms. The molecular formula is C28H21ClF3N3O5. The Morgan fingerprint density at radius 2 is 1.75 bits per heavy atom. The number of carbonyl (C=O) groups excluding carboxylic acids is 2. The number of nitrogens with zero attached hydrogens (tertiary/aromatic N) is 1. The molecule has 0 heterocycles. The molecule has 2 amide bonds. The van der Waals surface area contributed by atoms with Crippen LogP contribution in [-0.2, 0) is 11.3 Å². The molecule has 0 aromatic heterocycles. The largest absolute Gasteiger partial charge is 0.573 e. The Hall–Kier alpha value is -4.77. The first-order valence-corrected chi connectivity index (χ1v) is 12.0. The lowest BCUT2D eigenvalue weighted by molar-refractivity contribution is -0.274. The first-order valence-electron chi connectivity index (χ1n) is 11.7. The SMILES string of the molecule is O=C(COc1ccc(/C=N/NC(=O)c2ccc(O)c(Cl)c2)c2ccccc12)NCc1cccc(OC(F)(F)F)c1. The van der Waals surface area contributed by atoms with E-state index in [4.69, 9.17) is 16.3 Å². The summed E-state index contributed by atoms with van der Waals surface area (Å²) in [6.07, 6.45) is -3.36. The van der Waals surface area contributed by atoms with Crippen LogP contribution in [0.1, 0.15) is 21.5 Å². The van der Waals surface area contributed by atoms with E-state index in [1.807, 2.05) is 12.1 Å². The van der Waals surface area contributed by atoms with Gasteiger partial charge in [-0.05, 0) is 53.4 Å². The highest BCUT2D eigenvalue weighted by atomic mass is 35.5. The van der Waals surface area contributed by atoms with Crippen molar-refractivity contribution in [1.82, 2.24) is 10.7 Å². The highest BCUT2D eigenvalue weighted by Crippen LogP contribution is 2.28. The standard InChI is InChI=1S/C28H21ClF3N3O5/c29-23-13-18(8-10-24(23)36)27(38)35-34-15-19-9-11-25(22-7-2-1-6-21(19)22)39-16-26(37)33-14-17-4-3-5-20(12-17)40-28(30,31)32/h1-13,15,36H,14,16H2,(H,33,37)(H,35,38)/b34-15+. The molecule has 4 aromatic carbocycles. The molecule has 4 aromatic rings. The number of benzene rings is 4. The summed E-state index contributed by atoms with van der Waals surface area (Å²) in [5, 5.41) is 17.6. The van der Waals surface area contributed by atoms with Crippen LogP contribution >= 0.6 is 11.6 Å². The average molecular weight is 572 g/mol. The van der Waals surface area contributed by atoms with Crippen LogP contribution in [0.15, 0.2) is 84.0 Å². The molecule has 0 unspecified atom stereocenters. The van der Waals surface area contributed by atoms with Crippen molar-refractivity contribution in [2.24, 2.45) is 5.10 Å². The fourth-order valence-corrected chi connectivity index (χ4v) is 3.83. The summed E-state index contributed by atoms with van der Waals surface area (Å²) in [7, 11) is 0. The lowest BCUT2D eigenvalue weighted by Crippen LogP contribution is -2.28. The van der Waals surface area contributed by atoms with Crippen molar-refractivity contribution in [2.75, 3.05) is 6.61 Å². The fraction of sp³-hybridized carbons (Fsp3) is 0.107. The highest BCUT2D eigenvalue weighted by molar-refractivity contribution is 6.32. The van der Waals surface area contributed by atoms with Crippen LogP contribution in [0.2, 0.25) is 5.02 Å². The second kappa shape index (κ2) is 12.4. The molecule has 8 nitrogen and oxygen atoms in total. The van der Waals surface area contributed by atoms with Crippen molar-refractivity contribution in [3.05, 3.63) is 101 Å². The Balaban J connectivity index is 1.37. The monoisotopic (exact) mass is 571 g/mol.